The van der Waals surface area contributed by atoms with Crippen LogP contribution in [0.1, 0.15) is 0 Å². The molecule has 1 aliphatic rings. The minimum atomic E-state index is -0.258. The van der Waals surface area contributed by atoms with Crippen molar-refractivity contribution in [3.05, 3.63) is 32.9 Å². The highest BCUT2D eigenvalue weighted by atomic mass is 35.5. The second-order valence-corrected chi connectivity index (χ2v) is 3.39. The predicted molar refractivity (Wildman–Crippen MR) is 48.6 cm³/mol. The summed E-state index contributed by atoms with van der Waals surface area (Å²) in [4.78, 5) is 18.6. The molecule has 0 bridgehead atoms. The number of amides is 1. The number of fused-ring (bicyclic) bond motifs is 1. The molecule has 66 valence electrons. The van der Waals surface area contributed by atoms with Gasteiger partial charge in [-0.25, -0.2) is 4.99 Å². The van der Waals surface area contributed by atoms with Gasteiger partial charge in [-0.3, -0.25) is 9.79 Å². The van der Waals surface area contributed by atoms with Crippen molar-refractivity contribution in [3.8, 4) is 0 Å². The Labute approximate surface area is 83.7 Å². The molecular formula is C8H4Cl2N2O. The van der Waals surface area contributed by atoms with Crippen LogP contribution in [0, 0.1) is 0 Å². The van der Waals surface area contributed by atoms with Gasteiger partial charge in [0.1, 0.15) is 6.54 Å². The second-order valence-electron chi connectivity index (χ2n) is 2.58. The van der Waals surface area contributed by atoms with E-state index in [1.807, 2.05) is 0 Å². The first-order valence-corrected chi connectivity index (χ1v) is 4.33. The van der Waals surface area contributed by atoms with Crippen LogP contribution < -0.4 is 10.7 Å². The quantitative estimate of drug-likeness (QED) is 0.630. The fourth-order valence-corrected chi connectivity index (χ4v) is 1.38. The lowest BCUT2D eigenvalue weighted by Gasteiger charge is -1.99. The van der Waals surface area contributed by atoms with Crippen molar-refractivity contribution in [2.75, 3.05) is 6.54 Å². The SMILES string of the molecule is O=C1CN=c2cc(Cl)c(Cl)cc2=N1. The van der Waals surface area contributed by atoms with Gasteiger partial charge in [0.15, 0.2) is 0 Å². The molecule has 0 saturated carbocycles. The Morgan fingerprint density at radius 2 is 1.77 bits per heavy atom. The number of carbonyl (C=O) groups is 1. The highest BCUT2D eigenvalue weighted by Crippen LogP contribution is 2.16. The van der Waals surface area contributed by atoms with Crippen molar-refractivity contribution in [2.24, 2.45) is 9.98 Å². The van der Waals surface area contributed by atoms with Gasteiger partial charge in [0.25, 0.3) is 5.91 Å². The van der Waals surface area contributed by atoms with Gasteiger partial charge < -0.3 is 0 Å². The molecule has 0 spiro atoms. The summed E-state index contributed by atoms with van der Waals surface area (Å²) < 4.78 is 0. The average molecular weight is 215 g/mol. The minimum absolute atomic E-state index is 0.0883. The zero-order valence-electron chi connectivity index (χ0n) is 6.42. The summed E-state index contributed by atoms with van der Waals surface area (Å²) in [6, 6.07) is 3.15. The fourth-order valence-electron chi connectivity index (χ4n) is 1.06. The molecule has 1 aromatic carbocycles. The molecule has 0 aromatic heterocycles. The molecule has 13 heavy (non-hydrogen) atoms. The molecule has 2 rings (SSSR count). The molecule has 1 aliphatic heterocycles. The molecule has 0 unspecified atom stereocenters. The lowest BCUT2D eigenvalue weighted by molar-refractivity contribution is -0.116. The molecule has 1 amide bonds. The molecular weight excluding hydrogens is 211 g/mol. The summed E-state index contributed by atoms with van der Waals surface area (Å²) in [5, 5.41) is 1.92. The van der Waals surface area contributed by atoms with E-state index in [4.69, 9.17) is 23.2 Å². The van der Waals surface area contributed by atoms with Crippen LogP contribution in [0.4, 0.5) is 0 Å². The number of hydrogen-bond acceptors (Lipinski definition) is 2. The molecule has 0 N–H and O–H groups in total. The average Bonchev–Trinajstić information content (AvgIpc) is 2.08. The van der Waals surface area contributed by atoms with E-state index in [9.17, 15) is 4.79 Å². The van der Waals surface area contributed by atoms with Crippen molar-refractivity contribution >= 4 is 29.1 Å². The van der Waals surface area contributed by atoms with Gasteiger partial charge in [-0.1, -0.05) is 23.2 Å². The minimum Gasteiger partial charge on any atom is -0.273 e. The van der Waals surface area contributed by atoms with Crippen molar-refractivity contribution in [2.45, 2.75) is 0 Å². The predicted octanol–water partition coefficient (Wildman–Crippen LogP) is 0.773. The first-order valence-electron chi connectivity index (χ1n) is 3.58. The summed E-state index contributed by atoms with van der Waals surface area (Å²) in [7, 11) is 0. The third-order valence-electron chi connectivity index (χ3n) is 1.65. The molecule has 0 saturated heterocycles. The van der Waals surface area contributed by atoms with Crippen LogP contribution in [0.15, 0.2) is 22.1 Å². The third kappa shape index (κ3) is 1.57. The largest absolute Gasteiger partial charge is 0.273 e. The summed E-state index contributed by atoms with van der Waals surface area (Å²) >= 11 is 11.5. The van der Waals surface area contributed by atoms with Crippen LogP contribution in [-0.4, -0.2) is 12.5 Å². The van der Waals surface area contributed by atoms with Gasteiger partial charge in [-0.05, 0) is 12.1 Å². The van der Waals surface area contributed by atoms with Gasteiger partial charge in [0, 0.05) is 0 Å². The fraction of sp³-hybridized carbons (Fsp3) is 0.125. The molecule has 0 aliphatic carbocycles. The van der Waals surface area contributed by atoms with Crippen LogP contribution in [0.25, 0.3) is 0 Å². The summed E-state index contributed by atoms with van der Waals surface area (Å²) in [5.74, 6) is -0.258. The van der Waals surface area contributed by atoms with E-state index < -0.39 is 0 Å². The lowest BCUT2D eigenvalue weighted by Crippen LogP contribution is -2.31. The summed E-state index contributed by atoms with van der Waals surface area (Å²) in [6.45, 7) is 0.0883. The number of carbonyl (C=O) groups excluding carboxylic acids is 1. The Balaban J connectivity index is 2.82. The van der Waals surface area contributed by atoms with E-state index in [1.165, 1.54) is 0 Å². The number of rotatable bonds is 0. The Bertz CT molecular complexity index is 496. The van der Waals surface area contributed by atoms with Crippen LogP contribution >= 0.6 is 23.2 Å². The third-order valence-corrected chi connectivity index (χ3v) is 2.37. The van der Waals surface area contributed by atoms with Crippen molar-refractivity contribution in [1.29, 1.82) is 0 Å². The second kappa shape index (κ2) is 3.09. The summed E-state index contributed by atoms with van der Waals surface area (Å²) in [6.07, 6.45) is 0. The first kappa shape index (κ1) is 8.66. The maximum atomic E-state index is 10.9. The van der Waals surface area contributed by atoms with Crippen LogP contribution in [0.3, 0.4) is 0 Å². The van der Waals surface area contributed by atoms with Gasteiger partial charge >= 0.3 is 0 Å². The number of halogens is 2. The van der Waals surface area contributed by atoms with Gasteiger partial charge in [0.05, 0.1) is 20.8 Å². The van der Waals surface area contributed by atoms with E-state index in [0.29, 0.717) is 20.8 Å². The Hall–Kier alpha value is -0.930. The molecule has 1 heterocycles. The molecule has 3 nitrogen and oxygen atoms in total. The maximum absolute atomic E-state index is 10.9. The highest BCUT2D eigenvalue weighted by molar-refractivity contribution is 6.41. The molecule has 1 aromatic rings. The Morgan fingerprint density at radius 3 is 2.46 bits per heavy atom. The number of hydrogen-bond donors (Lipinski definition) is 0. The molecule has 0 atom stereocenters. The van der Waals surface area contributed by atoms with Crippen LogP contribution in [-0.2, 0) is 4.79 Å². The van der Waals surface area contributed by atoms with Gasteiger partial charge in [-0.15, -0.1) is 0 Å². The van der Waals surface area contributed by atoms with Crippen LogP contribution in [0.5, 0.6) is 0 Å². The first-order chi connectivity index (χ1) is 6.16. The maximum Gasteiger partial charge on any atom is 0.267 e. The summed E-state index contributed by atoms with van der Waals surface area (Å²) in [5.41, 5.74) is 0. The number of benzene rings is 1. The smallest absolute Gasteiger partial charge is 0.267 e. The zero-order chi connectivity index (χ0) is 9.42. The van der Waals surface area contributed by atoms with E-state index >= 15 is 0 Å². The van der Waals surface area contributed by atoms with Crippen molar-refractivity contribution in [3.63, 3.8) is 0 Å². The lowest BCUT2D eigenvalue weighted by atomic mass is 10.3. The van der Waals surface area contributed by atoms with Crippen molar-refractivity contribution < 1.29 is 4.79 Å². The zero-order valence-corrected chi connectivity index (χ0v) is 7.93. The molecule has 0 fully saturated rings. The van der Waals surface area contributed by atoms with E-state index in [2.05, 4.69) is 9.98 Å². The highest BCUT2D eigenvalue weighted by Gasteiger charge is 2.06. The van der Waals surface area contributed by atoms with E-state index in [0.717, 1.165) is 0 Å². The van der Waals surface area contributed by atoms with Gasteiger partial charge in [0.2, 0.25) is 0 Å². The van der Waals surface area contributed by atoms with Gasteiger partial charge in [-0.2, -0.15) is 0 Å². The topological polar surface area (TPSA) is 41.8 Å². The standard InChI is InChI=1S/C8H4Cl2N2O/c9-4-1-6-7(2-5(4)10)12-8(13)3-11-6/h1-2H,3H2. The monoisotopic (exact) mass is 214 g/mol. The van der Waals surface area contributed by atoms with E-state index in [1.54, 1.807) is 12.1 Å². The van der Waals surface area contributed by atoms with E-state index in [-0.39, 0.29) is 12.5 Å². The van der Waals surface area contributed by atoms with Crippen LogP contribution in [0.2, 0.25) is 10.0 Å². The molecule has 0 radical (unpaired) electrons. The Morgan fingerprint density at radius 1 is 1.15 bits per heavy atom. The Kier molecular flexibility index (Phi) is 2.06. The normalized spacial score (nSPS) is 14.5. The number of nitrogens with zero attached hydrogens (tertiary/aromatic N) is 2. The van der Waals surface area contributed by atoms with Crippen molar-refractivity contribution in [1.82, 2.24) is 0 Å². The molecule has 5 heteroatoms.